The highest BCUT2D eigenvalue weighted by Crippen LogP contribution is 2.28. The first-order valence-corrected chi connectivity index (χ1v) is 6.04. The van der Waals surface area contributed by atoms with Crippen LogP contribution < -0.4 is 16.6 Å². The first-order valence-electron chi connectivity index (χ1n) is 5.23. The molecule has 0 fully saturated rings. The van der Waals surface area contributed by atoms with E-state index in [1.165, 1.54) is 17.7 Å². The predicted molar refractivity (Wildman–Crippen MR) is 70.7 cm³/mol. The molecular weight excluding hydrogens is 270 g/mol. The number of aromatic nitrogens is 3. The average molecular weight is 281 g/mol. The van der Waals surface area contributed by atoms with Crippen LogP contribution in [0.1, 0.15) is 9.88 Å². The van der Waals surface area contributed by atoms with E-state index in [0.29, 0.717) is 6.54 Å². The number of anilines is 2. The zero-order valence-corrected chi connectivity index (χ0v) is 10.8. The van der Waals surface area contributed by atoms with E-state index in [0.717, 1.165) is 9.88 Å². The van der Waals surface area contributed by atoms with Crippen molar-refractivity contribution in [2.75, 3.05) is 10.7 Å². The van der Waals surface area contributed by atoms with Crippen LogP contribution in [0.4, 0.5) is 17.3 Å². The number of hydrogen-bond donors (Lipinski definition) is 3. The van der Waals surface area contributed by atoms with Crippen LogP contribution in [-0.2, 0) is 6.54 Å². The maximum Gasteiger partial charge on any atom is 0.354 e. The third-order valence-electron chi connectivity index (χ3n) is 2.22. The molecular formula is C9H11N7O2S. The van der Waals surface area contributed by atoms with Gasteiger partial charge in [0.15, 0.2) is 0 Å². The van der Waals surface area contributed by atoms with Crippen molar-refractivity contribution in [1.82, 2.24) is 15.0 Å². The number of nitrogens with one attached hydrogen (secondary N) is 2. The molecule has 100 valence electrons. The Hall–Kier alpha value is -2.33. The fraction of sp³-hybridized carbons (Fsp3) is 0.222. The second-order valence-electron chi connectivity index (χ2n) is 3.54. The van der Waals surface area contributed by atoms with E-state index in [2.05, 4.69) is 25.7 Å². The van der Waals surface area contributed by atoms with Gasteiger partial charge in [0, 0.05) is 11.1 Å². The SMILES string of the molecule is Cc1cnc(CNc2ncnc(NN)c2[N+](=O)[O-])s1. The van der Waals surface area contributed by atoms with Gasteiger partial charge in [0.05, 0.1) is 11.5 Å². The van der Waals surface area contributed by atoms with Gasteiger partial charge < -0.3 is 10.7 Å². The van der Waals surface area contributed by atoms with Gasteiger partial charge in [-0.1, -0.05) is 0 Å². The summed E-state index contributed by atoms with van der Waals surface area (Å²) in [7, 11) is 0. The Balaban J connectivity index is 2.22. The van der Waals surface area contributed by atoms with Gasteiger partial charge in [-0.3, -0.25) is 10.1 Å². The highest BCUT2D eigenvalue weighted by atomic mass is 32.1. The van der Waals surface area contributed by atoms with Crippen molar-refractivity contribution in [1.29, 1.82) is 0 Å². The third-order valence-corrected chi connectivity index (χ3v) is 3.13. The summed E-state index contributed by atoms with van der Waals surface area (Å²) in [5.41, 5.74) is 1.88. The van der Waals surface area contributed by atoms with E-state index >= 15 is 0 Å². The number of thiazole rings is 1. The highest BCUT2D eigenvalue weighted by molar-refractivity contribution is 7.11. The van der Waals surface area contributed by atoms with Crippen LogP contribution in [0.5, 0.6) is 0 Å². The van der Waals surface area contributed by atoms with Crippen LogP contribution >= 0.6 is 11.3 Å². The first-order chi connectivity index (χ1) is 9.11. The van der Waals surface area contributed by atoms with E-state index < -0.39 is 4.92 Å². The number of nitrogens with zero attached hydrogens (tertiary/aromatic N) is 4. The van der Waals surface area contributed by atoms with Crippen molar-refractivity contribution in [3.05, 3.63) is 32.5 Å². The van der Waals surface area contributed by atoms with Crippen molar-refractivity contribution >= 4 is 28.7 Å². The monoisotopic (exact) mass is 281 g/mol. The van der Waals surface area contributed by atoms with Gasteiger partial charge in [-0.15, -0.1) is 11.3 Å². The van der Waals surface area contributed by atoms with Crippen molar-refractivity contribution in [3.63, 3.8) is 0 Å². The van der Waals surface area contributed by atoms with Gasteiger partial charge in [-0.05, 0) is 6.92 Å². The summed E-state index contributed by atoms with van der Waals surface area (Å²) in [5.74, 6) is 5.24. The van der Waals surface area contributed by atoms with E-state index in [1.807, 2.05) is 6.92 Å². The minimum atomic E-state index is -0.593. The molecule has 10 heteroatoms. The number of hydrazine groups is 1. The molecule has 2 rings (SSSR count). The third kappa shape index (κ3) is 2.92. The molecule has 0 radical (unpaired) electrons. The second kappa shape index (κ2) is 5.54. The minimum absolute atomic E-state index is 0.0437. The summed E-state index contributed by atoms with van der Waals surface area (Å²) in [6.07, 6.45) is 2.93. The van der Waals surface area contributed by atoms with Crippen LogP contribution in [0.2, 0.25) is 0 Å². The van der Waals surface area contributed by atoms with Crippen LogP contribution in [-0.4, -0.2) is 19.9 Å². The average Bonchev–Trinajstić information content (AvgIpc) is 2.81. The molecule has 0 aliphatic rings. The molecule has 0 aliphatic carbocycles. The zero-order valence-electron chi connectivity index (χ0n) is 9.95. The molecule has 0 saturated carbocycles. The molecule has 0 spiro atoms. The van der Waals surface area contributed by atoms with Crippen molar-refractivity contribution in [2.24, 2.45) is 5.84 Å². The topological polar surface area (TPSA) is 132 Å². The lowest BCUT2D eigenvalue weighted by Crippen LogP contribution is -2.13. The lowest BCUT2D eigenvalue weighted by atomic mass is 10.4. The smallest absolute Gasteiger partial charge is 0.354 e. The molecule has 0 saturated heterocycles. The van der Waals surface area contributed by atoms with E-state index in [-0.39, 0.29) is 17.3 Å². The Bertz CT molecular complexity index is 600. The molecule has 2 heterocycles. The largest absolute Gasteiger partial charge is 0.358 e. The molecule has 0 aromatic carbocycles. The number of hydrogen-bond acceptors (Lipinski definition) is 9. The minimum Gasteiger partial charge on any atom is -0.358 e. The van der Waals surface area contributed by atoms with Crippen LogP contribution in [0.25, 0.3) is 0 Å². The molecule has 4 N–H and O–H groups in total. The number of nitrogen functional groups attached to an aromatic ring is 1. The quantitative estimate of drug-likeness (QED) is 0.421. The van der Waals surface area contributed by atoms with Crippen LogP contribution in [0.15, 0.2) is 12.5 Å². The van der Waals surface area contributed by atoms with Crippen LogP contribution in [0, 0.1) is 17.0 Å². The second-order valence-corrected chi connectivity index (χ2v) is 4.86. The summed E-state index contributed by atoms with van der Waals surface area (Å²) >= 11 is 1.50. The summed E-state index contributed by atoms with van der Waals surface area (Å²) in [6, 6.07) is 0. The van der Waals surface area contributed by atoms with Crippen molar-refractivity contribution in [3.8, 4) is 0 Å². The number of nitro groups is 1. The van der Waals surface area contributed by atoms with Gasteiger partial charge in [0.25, 0.3) is 0 Å². The Morgan fingerprint density at radius 3 is 2.74 bits per heavy atom. The molecule has 0 bridgehead atoms. The Morgan fingerprint density at radius 1 is 1.42 bits per heavy atom. The number of nitrogens with two attached hydrogens (primary N) is 1. The first kappa shape index (κ1) is 13.1. The van der Waals surface area contributed by atoms with Crippen molar-refractivity contribution in [2.45, 2.75) is 13.5 Å². The summed E-state index contributed by atoms with van der Waals surface area (Å²) in [4.78, 5) is 23.2. The molecule has 0 atom stereocenters. The normalized spacial score (nSPS) is 10.2. The molecule has 0 aliphatic heterocycles. The molecule has 2 aromatic heterocycles. The lowest BCUT2D eigenvalue weighted by molar-refractivity contribution is -0.383. The summed E-state index contributed by atoms with van der Waals surface area (Å²) in [6.45, 7) is 2.28. The number of aryl methyl sites for hydroxylation is 1. The molecule has 9 nitrogen and oxygen atoms in total. The molecule has 0 unspecified atom stereocenters. The zero-order chi connectivity index (χ0) is 13.8. The van der Waals surface area contributed by atoms with E-state index in [9.17, 15) is 10.1 Å². The Kier molecular flexibility index (Phi) is 3.82. The lowest BCUT2D eigenvalue weighted by Gasteiger charge is -2.06. The molecule has 19 heavy (non-hydrogen) atoms. The van der Waals surface area contributed by atoms with Gasteiger partial charge in [-0.25, -0.2) is 20.8 Å². The van der Waals surface area contributed by atoms with Crippen LogP contribution in [0.3, 0.4) is 0 Å². The van der Waals surface area contributed by atoms with Gasteiger partial charge in [-0.2, -0.15) is 0 Å². The maximum absolute atomic E-state index is 11.0. The summed E-state index contributed by atoms with van der Waals surface area (Å²) in [5, 5.41) is 14.7. The molecule has 0 amide bonds. The fourth-order valence-electron chi connectivity index (χ4n) is 1.43. The number of rotatable bonds is 5. The predicted octanol–water partition coefficient (Wildman–Crippen LogP) is 1.05. The summed E-state index contributed by atoms with van der Waals surface area (Å²) < 4.78 is 0. The van der Waals surface area contributed by atoms with E-state index in [1.54, 1.807) is 6.20 Å². The Morgan fingerprint density at radius 2 is 2.16 bits per heavy atom. The standard InChI is InChI=1S/C9H11N7O2S/c1-5-2-11-6(19-5)3-12-8-7(16(17)18)9(15-10)14-4-13-8/h2,4H,3,10H2,1H3,(H2,12,13,14,15). The Labute approximate surface area is 112 Å². The molecule has 2 aromatic rings. The highest BCUT2D eigenvalue weighted by Gasteiger charge is 2.22. The maximum atomic E-state index is 11.0. The van der Waals surface area contributed by atoms with E-state index in [4.69, 9.17) is 5.84 Å². The van der Waals surface area contributed by atoms with Gasteiger partial charge in [0.1, 0.15) is 11.3 Å². The van der Waals surface area contributed by atoms with Gasteiger partial charge in [0.2, 0.25) is 11.6 Å². The van der Waals surface area contributed by atoms with Gasteiger partial charge >= 0.3 is 5.69 Å². The fourth-order valence-corrected chi connectivity index (χ4v) is 2.16. The van der Waals surface area contributed by atoms with Crippen molar-refractivity contribution < 1.29 is 4.92 Å².